The zero-order valence-electron chi connectivity index (χ0n) is 9.50. The van der Waals surface area contributed by atoms with E-state index in [0.717, 1.165) is 12.0 Å². The smallest absolute Gasteiger partial charge is 0.220 e. The van der Waals surface area contributed by atoms with E-state index >= 15 is 0 Å². The van der Waals surface area contributed by atoms with Gasteiger partial charge in [0, 0.05) is 17.3 Å². The maximum atomic E-state index is 12.9. The van der Waals surface area contributed by atoms with Gasteiger partial charge in [-0.25, -0.2) is 4.39 Å². The van der Waals surface area contributed by atoms with Crippen LogP contribution in [0.2, 0.25) is 5.02 Å². The molecule has 0 saturated heterocycles. The third-order valence-corrected chi connectivity index (χ3v) is 3.01. The van der Waals surface area contributed by atoms with Crippen molar-refractivity contribution in [1.82, 2.24) is 10.2 Å². The Morgan fingerprint density at radius 2 is 2.00 bits per heavy atom. The molecular formula is C12H11Cl2FN2O. The number of nitrogens with zero attached hydrogens (tertiary/aromatic N) is 2. The van der Waals surface area contributed by atoms with Gasteiger partial charge in [0.1, 0.15) is 5.82 Å². The molecule has 0 spiro atoms. The highest BCUT2D eigenvalue weighted by Gasteiger charge is 2.09. The number of alkyl halides is 1. The maximum Gasteiger partial charge on any atom is 0.220 e. The fourth-order valence-electron chi connectivity index (χ4n) is 1.51. The van der Waals surface area contributed by atoms with E-state index in [1.54, 1.807) is 6.07 Å². The van der Waals surface area contributed by atoms with E-state index in [0.29, 0.717) is 35.5 Å². The van der Waals surface area contributed by atoms with Crippen LogP contribution in [0.5, 0.6) is 0 Å². The van der Waals surface area contributed by atoms with Crippen molar-refractivity contribution in [1.29, 1.82) is 0 Å². The predicted molar refractivity (Wildman–Crippen MR) is 67.6 cm³/mol. The summed E-state index contributed by atoms with van der Waals surface area (Å²) in [5.74, 6) is 1.22. The van der Waals surface area contributed by atoms with Gasteiger partial charge in [0.05, 0.1) is 6.42 Å². The van der Waals surface area contributed by atoms with Crippen molar-refractivity contribution in [2.75, 3.05) is 5.88 Å². The van der Waals surface area contributed by atoms with Crippen molar-refractivity contribution >= 4 is 23.2 Å². The molecule has 0 fully saturated rings. The molecule has 3 nitrogen and oxygen atoms in total. The maximum absolute atomic E-state index is 12.9. The number of rotatable bonds is 5. The van der Waals surface area contributed by atoms with Crippen LogP contribution in [-0.4, -0.2) is 16.1 Å². The second kappa shape index (κ2) is 6.16. The second-order valence-corrected chi connectivity index (χ2v) is 4.58. The Labute approximate surface area is 114 Å². The number of benzene rings is 1. The van der Waals surface area contributed by atoms with Crippen LogP contribution >= 0.6 is 23.2 Å². The number of aryl methyl sites for hydroxylation is 1. The number of aromatic nitrogens is 2. The van der Waals surface area contributed by atoms with Gasteiger partial charge in [-0.15, -0.1) is 21.8 Å². The molecule has 6 heteroatoms. The van der Waals surface area contributed by atoms with Gasteiger partial charge < -0.3 is 4.42 Å². The molecule has 96 valence electrons. The summed E-state index contributed by atoms with van der Waals surface area (Å²) in [4.78, 5) is 0. The first-order valence-corrected chi connectivity index (χ1v) is 6.41. The largest absolute Gasteiger partial charge is 0.425 e. The highest BCUT2D eigenvalue weighted by Crippen LogP contribution is 2.20. The minimum atomic E-state index is -0.364. The molecule has 0 atom stereocenters. The summed E-state index contributed by atoms with van der Waals surface area (Å²) in [5.41, 5.74) is 0.755. The Kier molecular flexibility index (Phi) is 4.55. The van der Waals surface area contributed by atoms with Crippen molar-refractivity contribution in [3.8, 4) is 0 Å². The summed E-state index contributed by atoms with van der Waals surface area (Å²) in [6.45, 7) is 0. The van der Waals surface area contributed by atoms with Gasteiger partial charge in [0.15, 0.2) is 0 Å². The standard InChI is InChI=1S/C12H11Cl2FN2O/c13-5-1-2-11-16-17-12(18-11)6-8-3-4-9(15)7-10(8)14/h3-4,7H,1-2,5-6H2. The quantitative estimate of drug-likeness (QED) is 0.789. The lowest BCUT2D eigenvalue weighted by molar-refractivity contribution is 0.455. The molecule has 18 heavy (non-hydrogen) atoms. The van der Waals surface area contributed by atoms with Crippen LogP contribution in [0.15, 0.2) is 22.6 Å². The van der Waals surface area contributed by atoms with Gasteiger partial charge in [-0.1, -0.05) is 17.7 Å². The Balaban J connectivity index is 2.06. The molecule has 2 aromatic rings. The van der Waals surface area contributed by atoms with E-state index in [4.69, 9.17) is 27.6 Å². The van der Waals surface area contributed by atoms with Crippen molar-refractivity contribution in [2.24, 2.45) is 0 Å². The summed E-state index contributed by atoms with van der Waals surface area (Å²) >= 11 is 11.5. The number of halogens is 3. The van der Waals surface area contributed by atoms with E-state index in [1.807, 2.05) is 0 Å². The predicted octanol–water partition coefficient (Wildman–Crippen LogP) is 3.62. The Morgan fingerprint density at radius 3 is 2.72 bits per heavy atom. The van der Waals surface area contributed by atoms with Crippen molar-refractivity contribution in [3.05, 3.63) is 46.4 Å². The van der Waals surface area contributed by atoms with Crippen molar-refractivity contribution in [3.63, 3.8) is 0 Å². The van der Waals surface area contributed by atoms with Crippen molar-refractivity contribution in [2.45, 2.75) is 19.3 Å². The molecule has 0 bridgehead atoms. The molecule has 0 amide bonds. The second-order valence-electron chi connectivity index (χ2n) is 3.79. The molecule has 1 aromatic carbocycles. The number of hydrogen-bond acceptors (Lipinski definition) is 3. The summed E-state index contributed by atoms with van der Waals surface area (Å²) < 4.78 is 18.3. The van der Waals surface area contributed by atoms with Crippen LogP contribution in [0.25, 0.3) is 0 Å². The molecule has 1 heterocycles. The fourth-order valence-corrected chi connectivity index (χ4v) is 1.87. The molecule has 0 aliphatic rings. The highest BCUT2D eigenvalue weighted by atomic mass is 35.5. The molecule has 0 saturated carbocycles. The van der Waals surface area contributed by atoms with Crippen LogP contribution in [0.1, 0.15) is 23.8 Å². The first-order valence-electron chi connectivity index (χ1n) is 5.50. The number of hydrogen-bond donors (Lipinski definition) is 0. The van der Waals surface area contributed by atoms with E-state index in [2.05, 4.69) is 10.2 Å². The molecule has 0 aliphatic heterocycles. The average Bonchev–Trinajstić information content (AvgIpc) is 2.78. The zero-order chi connectivity index (χ0) is 13.0. The molecular weight excluding hydrogens is 278 g/mol. The molecule has 0 N–H and O–H groups in total. The first-order chi connectivity index (χ1) is 8.69. The Morgan fingerprint density at radius 1 is 1.22 bits per heavy atom. The van der Waals surface area contributed by atoms with Gasteiger partial charge in [-0.3, -0.25) is 0 Å². The molecule has 0 radical (unpaired) electrons. The van der Waals surface area contributed by atoms with E-state index < -0.39 is 0 Å². The Hall–Kier alpha value is -1.13. The average molecular weight is 289 g/mol. The van der Waals surface area contributed by atoms with E-state index in [9.17, 15) is 4.39 Å². The third kappa shape index (κ3) is 3.43. The summed E-state index contributed by atoms with van der Waals surface area (Å²) in [6.07, 6.45) is 1.85. The van der Waals surface area contributed by atoms with E-state index in [1.165, 1.54) is 12.1 Å². The van der Waals surface area contributed by atoms with Crippen LogP contribution < -0.4 is 0 Å². The summed E-state index contributed by atoms with van der Waals surface area (Å²) in [7, 11) is 0. The monoisotopic (exact) mass is 288 g/mol. The van der Waals surface area contributed by atoms with E-state index in [-0.39, 0.29) is 5.82 Å². The van der Waals surface area contributed by atoms with Gasteiger partial charge in [0.25, 0.3) is 0 Å². The van der Waals surface area contributed by atoms with Gasteiger partial charge in [-0.05, 0) is 24.1 Å². The molecule has 2 rings (SSSR count). The topological polar surface area (TPSA) is 38.9 Å². The third-order valence-electron chi connectivity index (χ3n) is 2.39. The van der Waals surface area contributed by atoms with Crippen LogP contribution in [-0.2, 0) is 12.8 Å². The Bertz CT molecular complexity index is 531. The molecule has 1 aromatic heterocycles. The summed E-state index contributed by atoms with van der Waals surface area (Å²) in [5, 5.41) is 8.18. The lowest BCUT2D eigenvalue weighted by Crippen LogP contribution is -1.90. The SMILES string of the molecule is Fc1ccc(Cc2nnc(CCCCl)o2)c(Cl)c1. The molecule has 0 aliphatic carbocycles. The van der Waals surface area contributed by atoms with Crippen LogP contribution in [0.4, 0.5) is 4.39 Å². The normalized spacial score (nSPS) is 10.8. The van der Waals surface area contributed by atoms with Crippen molar-refractivity contribution < 1.29 is 8.81 Å². The van der Waals surface area contributed by atoms with Gasteiger partial charge in [-0.2, -0.15) is 0 Å². The molecule has 0 unspecified atom stereocenters. The minimum Gasteiger partial charge on any atom is -0.425 e. The zero-order valence-corrected chi connectivity index (χ0v) is 11.0. The first kappa shape index (κ1) is 13.3. The lowest BCUT2D eigenvalue weighted by Gasteiger charge is -2.00. The van der Waals surface area contributed by atoms with Gasteiger partial charge in [0.2, 0.25) is 11.8 Å². The lowest BCUT2D eigenvalue weighted by atomic mass is 10.1. The van der Waals surface area contributed by atoms with Crippen LogP contribution in [0, 0.1) is 5.82 Å². The van der Waals surface area contributed by atoms with Crippen LogP contribution in [0.3, 0.4) is 0 Å². The fraction of sp³-hybridized carbons (Fsp3) is 0.333. The minimum absolute atomic E-state index is 0.357. The summed E-state index contributed by atoms with van der Waals surface area (Å²) in [6, 6.07) is 4.23. The highest BCUT2D eigenvalue weighted by molar-refractivity contribution is 6.31. The van der Waals surface area contributed by atoms with Gasteiger partial charge >= 0.3 is 0 Å².